The molecule has 0 radical (unpaired) electrons. The predicted octanol–water partition coefficient (Wildman–Crippen LogP) is 4.55. The molecule has 1 atom stereocenters. The van der Waals surface area contributed by atoms with Gasteiger partial charge in [0.1, 0.15) is 11.9 Å². The van der Waals surface area contributed by atoms with Crippen LogP contribution < -0.4 is 4.74 Å². The maximum atomic E-state index is 12.3. The number of carbonyl (C=O) groups excluding carboxylic acids is 1. The molecule has 0 N–H and O–H groups in total. The highest BCUT2D eigenvalue weighted by Crippen LogP contribution is 2.37. The summed E-state index contributed by atoms with van der Waals surface area (Å²) in [7, 11) is 0. The Kier molecular flexibility index (Phi) is 2.74. The molecule has 0 aliphatic carbocycles. The molecule has 2 heteroatoms. The van der Waals surface area contributed by atoms with Crippen LogP contribution in [0, 0.1) is 0 Å². The molecule has 0 amide bonds. The van der Waals surface area contributed by atoms with Gasteiger partial charge in [0.05, 0.1) is 12.0 Å². The lowest BCUT2D eigenvalue weighted by Crippen LogP contribution is -2.20. The van der Waals surface area contributed by atoms with Crippen molar-refractivity contribution in [3.8, 4) is 5.75 Å². The Morgan fingerprint density at radius 2 is 1.62 bits per heavy atom. The topological polar surface area (TPSA) is 26.3 Å². The molecule has 0 saturated heterocycles. The van der Waals surface area contributed by atoms with Crippen LogP contribution in [0.3, 0.4) is 0 Å². The molecule has 1 heterocycles. The Morgan fingerprint density at radius 1 is 0.857 bits per heavy atom. The van der Waals surface area contributed by atoms with Crippen LogP contribution in [0.1, 0.15) is 28.4 Å². The van der Waals surface area contributed by atoms with Gasteiger partial charge in [0, 0.05) is 5.56 Å². The highest BCUT2D eigenvalue weighted by molar-refractivity contribution is 6.00. The fourth-order valence-electron chi connectivity index (χ4n) is 2.98. The molecule has 2 nitrogen and oxygen atoms in total. The van der Waals surface area contributed by atoms with Crippen molar-refractivity contribution in [1.82, 2.24) is 0 Å². The van der Waals surface area contributed by atoms with Gasteiger partial charge < -0.3 is 4.74 Å². The quantitative estimate of drug-likeness (QED) is 0.651. The first-order valence-corrected chi connectivity index (χ1v) is 7.09. The normalized spacial score (nSPS) is 17.3. The van der Waals surface area contributed by atoms with Crippen LogP contribution in [0.5, 0.6) is 5.75 Å². The number of para-hydroxylation sites is 1. The average Bonchev–Trinajstić information content (AvgIpc) is 2.54. The number of hydrogen-bond donors (Lipinski definition) is 0. The van der Waals surface area contributed by atoms with Crippen molar-refractivity contribution in [2.24, 2.45) is 0 Å². The minimum atomic E-state index is -0.210. The second-order valence-electron chi connectivity index (χ2n) is 5.30. The van der Waals surface area contributed by atoms with Crippen molar-refractivity contribution in [2.75, 3.05) is 0 Å². The molecule has 0 fully saturated rings. The fourth-order valence-corrected chi connectivity index (χ4v) is 2.98. The van der Waals surface area contributed by atoms with Gasteiger partial charge in [-0.3, -0.25) is 4.79 Å². The number of carbonyl (C=O) groups is 1. The van der Waals surface area contributed by atoms with E-state index < -0.39 is 0 Å². The Morgan fingerprint density at radius 3 is 2.57 bits per heavy atom. The molecular weight excluding hydrogens is 260 g/mol. The maximum absolute atomic E-state index is 12.3. The Labute approximate surface area is 123 Å². The van der Waals surface area contributed by atoms with E-state index >= 15 is 0 Å². The number of rotatable bonds is 1. The Balaban J connectivity index is 1.83. The first-order chi connectivity index (χ1) is 10.3. The number of hydrogen-bond acceptors (Lipinski definition) is 2. The van der Waals surface area contributed by atoms with Crippen LogP contribution in [0.4, 0.5) is 0 Å². The summed E-state index contributed by atoms with van der Waals surface area (Å²) in [6.07, 6.45) is 0.184. The summed E-state index contributed by atoms with van der Waals surface area (Å²) >= 11 is 0. The third-order valence-electron chi connectivity index (χ3n) is 4.00. The van der Waals surface area contributed by atoms with Crippen LogP contribution in [0.15, 0.2) is 66.7 Å². The molecule has 0 bridgehead atoms. The molecule has 3 aromatic rings. The molecule has 4 rings (SSSR count). The smallest absolute Gasteiger partial charge is 0.170 e. The van der Waals surface area contributed by atoms with Crippen LogP contribution >= 0.6 is 0 Å². The van der Waals surface area contributed by atoms with Gasteiger partial charge in [0.2, 0.25) is 0 Å². The van der Waals surface area contributed by atoms with Crippen LogP contribution in [0.25, 0.3) is 10.8 Å². The molecule has 3 aromatic carbocycles. The van der Waals surface area contributed by atoms with Crippen molar-refractivity contribution in [3.05, 3.63) is 77.9 Å². The average molecular weight is 274 g/mol. The summed E-state index contributed by atoms with van der Waals surface area (Å²) in [5.74, 6) is 0.835. The van der Waals surface area contributed by atoms with E-state index in [2.05, 4.69) is 18.2 Å². The van der Waals surface area contributed by atoms with Gasteiger partial charge in [-0.25, -0.2) is 0 Å². The van der Waals surface area contributed by atoms with Gasteiger partial charge in [0.25, 0.3) is 0 Å². The molecule has 1 aliphatic rings. The highest BCUT2D eigenvalue weighted by Gasteiger charge is 2.28. The van der Waals surface area contributed by atoms with Crippen molar-refractivity contribution in [3.63, 3.8) is 0 Å². The highest BCUT2D eigenvalue weighted by atomic mass is 16.5. The maximum Gasteiger partial charge on any atom is 0.170 e. The largest absolute Gasteiger partial charge is 0.484 e. The van der Waals surface area contributed by atoms with E-state index in [1.54, 1.807) is 0 Å². The zero-order valence-corrected chi connectivity index (χ0v) is 11.5. The first-order valence-electron chi connectivity index (χ1n) is 7.09. The minimum Gasteiger partial charge on any atom is -0.484 e. The minimum absolute atomic E-state index is 0.148. The summed E-state index contributed by atoms with van der Waals surface area (Å²) < 4.78 is 6.08. The second-order valence-corrected chi connectivity index (χ2v) is 5.30. The summed E-state index contributed by atoms with van der Waals surface area (Å²) in [6, 6.07) is 21.8. The van der Waals surface area contributed by atoms with Crippen LogP contribution in [-0.2, 0) is 0 Å². The van der Waals surface area contributed by atoms with Gasteiger partial charge in [-0.1, -0.05) is 54.6 Å². The predicted molar refractivity (Wildman–Crippen MR) is 82.7 cm³/mol. The molecule has 0 saturated carbocycles. The summed E-state index contributed by atoms with van der Waals surface area (Å²) in [4.78, 5) is 12.3. The lowest BCUT2D eigenvalue weighted by molar-refractivity contribution is 0.0852. The summed E-state index contributed by atoms with van der Waals surface area (Å²) in [5, 5.41) is 2.32. The number of fused-ring (bicyclic) bond motifs is 2. The van der Waals surface area contributed by atoms with E-state index in [-0.39, 0.29) is 11.9 Å². The molecule has 1 aliphatic heterocycles. The van der Waals surface area contributed by atoms with E-state index in [0.29, 0.717) is 17.7 Å². The van der Waals surface area contributed by atoms with Gasteiger partial charge in [-0.05, 0) is 22.9 Å². The SMILES string of the molecule is O=C1C[C@@H](c2cccc3ccccc23)Oc2ccccc21. The molecule has 0 spiro atoms. The van der Waals surface area contributed by atoms with Gasteiger partial charge in [-0.2, -0.15) is 0 Å². The Hall–Kier alpha value is -2.61. The van der Waals surface area contributed by atoms with Crippen molar-refractivity contribution in [2.45, 2.75) is 12.5 Å². The molecule has 102 valence electrons. The molecule has 0 aromatic heterocycles. The molecule has 0 unspecified atom stereocenters. The monoisotopic (exact) mass is 274 g/mol. The number of Topliss-reactive ketones (excluding diaryl/α,β-unsaturated/α-hetero) is 1. The van der Waals surface area contributed by atoms with Gasteiger partial charge >= 0.3 is 0 Å². The summed E-state index contributed by atoms with van der Waals surface area (Å²) in [5.41, 5.74) is 1.77. The molecule has 21 heavy (non-hydrogen) atoms. The fraction of sp³-hybridized carbons (Fsp3) is 0.105. The Bertz CT molecular complexity index is 830. The van der Waals surface area contributed by atoms with Crippen LogP contribution in [0.2, 0.25) is 0 Å². The number of ketones is 1. The second kappa shape index (κ2) is 4.74. The third-order valence-corrected chi connectivity index (χ3v) is 4.00. The van der Waals surface area contributed by atoms with Gasteiger partial charge in [-0.15, -0.1) is 0 Å². The standard InChI is InChI=1S/C19H14O2/c20-17-12-19(21-18-11-4-3-9-16(17)18)15-10-5-7-13-6-1-2-8-14(13)15/h1-11,19H,12H2/t19-/m0/s1. The van der Waals surface area contributed by atoms with E-state index in [4.69, 9.17) is 4.74 Å². The van der Waals surface area contributed by atoms with Gasteiger partial charge in [0.15, 0.2) is 5.78 Å². The van der Waals surface area contributed by atoms with Crippen molar-refractivity contribution >= 4 is 16.6 Å². The van der Waals surface area contributed by atoms with E-state index in [1.165, 1.54) is 5.39 Å². The summed E-state index contributed by atoms with van der Waals surface area (Å²) in [6.45, 7) is 0. The zero-order chi connectivity index (χ0) is 14.2. The van der Waals surface area contributed by atoms with Crippen LogP contribution in [-0.4, -0.2) is 5.78 Å². The first kappa shape index (κ1) is 12.2. The van der Waals surface area contributed by atoms with E-state index in [9.17, 15) is 4.79 Å². The number of benzene rings is 3. The van der Waals surface area contributed by atoms with E-state index in [0.717, 1.165) is 10.9 Å². The number of ether oxygens (including phenoxy) is 1. The lowest BCUT2D eigenvalue weighted by atomic mass is 9.93. The molecular formula is C19H14O2. The third kappa shape index (κ3) is 2.00. The lowest BCUT2D eigenvalue weighted by Gasteiger charge is -2.26. The van der Waals surface area contributed by atoms with Crippen molar-refractivity contribution < 1.29 is 9.53 Å². The van der Waals surface area contributed by atoms with E-state index in [1.807, 2.05) is 48.5 Å². The zero-order valence-electron chi connectivity index (χ0n) is 11.5. The van der Waals surface area contributed by atoms with Crippen molar-refractivity contribution in [1.29, 1.82) is 0 Å².